The fourth-order valence-electron chi connectivity index (χ4n) is 7.99. The number of ether oxygens (including phenoxy) is 1. The van der Waals surface area contributed by atoms with Crippen LogP contribution < -0.4 is 21.4 Å². The molecule has 1 saturated heterocycles. The summed E-state index contributed by atoms with van der Waals surface area (Å²) in [6, 6.07) is 20.5. The molecule has 1 unspecified atom stereocenters. The smallest absolute Gasteiger partial charge is 0.325 e. The van der Waals surface area contributed by atoms with Crippen molar-refractivity contribution in [1.82, 2.24) is 21.1 Å². The number of nitrogens with one attached hydrogen (secondary N) is 4. The standard InChI is InChI=1S/C53H65N5O9/c1-34(2)48-51(64)55-45(33-38-18-14-21-42(60)32-38)52(65)58-31-15-22-44(57-58)53(66)67-46(23-12-7-6-9-16-36(4)49(62)43(50(63)56-48)30-25-37(5)59)35(3)17-13-24-47(61)54-41-28-26-40(27-29-41)39-19-10-8-11-20-39/h6-14,17-21,24,26-29,32,34,36,43-46,48-49,57,60,62H,15-16,22-23,25,30-31,33H2,1-5H3,(H,54,61)(H,55,64)(H,56,63)/t36-,43+,44?,45-,46-,48-,49+/m0/s1. The summed E-state index contributed by atoms with van der Waals surface area (Å²) < 4.78 is 6.12. The molecule has 3 aromatic rings. The third-order valence-corrected chi connectivity index (χ3v) is 12.0. The van der Waals surface area contributed by atoms with Crippen molar-refractivity contribution in [3.63, 3.8) is 0 Å². The number of aromatic hydroxyl groups is 1. The van der Waals surface area contributed by atoms with Gasteiger partial charge in [0.2, 0.25) is 17.7 Å². The van der Waals surface area contributed by atoms with Gasteiger partial charge in [0.05, 0.1) is 12.0 Å². The molecular formula is C53H65N5O9. The van der Waals surface area contributed by atoms with E-state index in [1.165, 1.54) is 30.1 Å². The molecule has 3 aromatic carbocycles. The number of hydrogen-bond donors (Lipinski definition) is 6. The second-order valence-corrected chi connectivity index (χ2v) is 17.7. The number of amides is 4. The van der Waals surface area contributed by atoms with Crippen molar-refractivity contribution in [1.29, 1.82) is 0 Å². The Morgan fingerprint density at radius 2 is 1.60 bits per heavy atom. The molecule has 5 rings (SSSR count). The van der Waals surface area contributed by atoms with Crippen LogP contribution in [0.25, 0.3) is 11.1 Å². The molecule has 0 aromatic heterocycles. The van der Waals surface area contributed by atoms with E-state index in [0.29, 0.717) is 36.1 Å². The largest absolute Gasteiger partial charge is 0.508 e. The van der Waals surface area contributed by atoms with E-state index in [2.05, 4.69) is 21.4 Å². The maximum Gasteiger partial charge on any atom is 0.325 e. The number of hydrogen-bond acceptors (Lipinski definition) is 10. The Labute approximate surface area is 393 Å². The highest BCUT2D eigenvalue weighted by molar-refractivity contribution is 5.99. The maximum atomic E-state index is 14.4. The molecular weight excluding hydrogens is 851 g/mol. The molecule has 7 atom stereocenters. The fourth-order valence-corrected chi connectivity index (χ4v) is 7.99. The number of rotatable bonds is 11. The third kappa shape index (κ3) is 15.7. The lowest BCUT2D eigenvalue weighted by Gasteiger charge is -2.36. The molecule has 67 heavy (non-hydrogen) atoms. The van der Waals surface area contributed by atoms with Crippen molar-refractivity contribution in [2.75, 3.05) is 11.9 Å². The lowest BCUT2D eigenvalue weighted by atomic mass is 9.85. The Hall–Kier alpha value is -6.64. The van der Waals surface area contributed by atoms with E-state index in [1.54, 1.807) is 64.1 Å². The van der Waals surface area contributed by atoms with Gasteiger partial charge < -0.3 is 35.7 Å². The number of benzene rings is 3. The third-order valence-electron chi connectivity index (χ3n) is 12.0. The van der Waals surface area contributed by atoms with E-state index in [4.69, 9.17) is 4.74 Å². The molecule has 0 saturated carbocycles. The SMILES string of the molecule is CC(=O)CC[C@H]1C(=O)N[C@@H](C(C)C)C(=O)N[C@@H](Cc2cccc(O)c2)C(=O)N2CCCC(N2)C(=O)O[C@H](C(C)=CC=CC(=O)Nc2ccc(-c3ccccc3)cc2)CC=CC=CC[C@H](C)[C@H]1O. The summed E-state index contributed by atoms with van der Waals surface area (Å²) in [7, 11) is 0. The van der Waals surface area contributed by atoms with Crippen molar-refractivity contribution in [3.05, 3.63) is 133 Å². The summed E-state index contributed by atoms with van der Waals surface area (Å²) >= 11 is 0. The molecule has 0 aliphatic carbocycles. The first-order chi connectivity index (χ1) is 32.1. The first-order valence-electron chi connectivity index (χ1n) is 23.1. The molecule has 2 bridgehead atoms. The number of cyclic esters (lactones) is 1. The second kappa shape index (κ2) is 25.3. The van der Waals surface area contributed by atoms with Gasteiger partial charge in [-0.05, 0) is 97.9 Å². The number of esters is 1. The molecule has 356 valence electrons. The van der Waals surface area contributed by atoms with E-state index < -0.39 is 71.8 Å². The van der Waals surface area contributed by atoms with Gasteiger partial charge in [-0.1, -0.05) is 112 Å². The maximum absolute atomic E-state index is 14.4. The van der Waals surface area contributed by atoms with Crippen LogP contribution in [-0.4, -0.2) is 87.5 Å². The minimum Gasteiger partial charge on any atom is -0.508 e. The number of aliphatic hydroxyl groups excluding tert-OH is 1. The van der Waals surface area contributed by atoms with Gasteiger partial charge in [-0.15, -0.1) is 0 Å². The molecule has 14 nitrogen and oxygen atoms in total. The van der Waals surface area contributed by atoms with Crippen LogP contribution in [0.5, 0.6) is 5.75 Å². The predicted molar refractivity (Wildman–Crippen MR) is 258 cm³/mol. The number of fused-ring (bicyclic) bond motifs is 2. The van der Waals surface area contributed by atoms with Gasteiger partial charge in [-0.2, -0.15) is 0 Å². The summed E-state index contributed by atoms with van der Waals surface area (Å²) in [4.78, 5) is 81.4. The number of nitrogens with zero attached hydrogens (tertiary/aromatic N) is 1. The lowest BCUT2D eigenvalue weighted by molar-refractivity contribution is -0.156. The lowest BCUT2D eigenvalue weighted by Crippen LogP contribution is -2.62. The van der Waals surface area contributed by atoms with E-state index in [1.807, 2.05) is 66.7 Å². The topological polar surface area (TPSA) is 203 Å². The van der Waals surface area contributed by atoms with Crippen LogP contribution in [0, 0.1) is 17.8 Å². The van der Waals surface area contributed by atoms with Crippen LogP contribution in [0.4, 0.5) is 5.69 Å². The van der Waals surface area contributed by atoms with Crippen LogP contribution in [0.15, 0.2) is 127 Å². The molecule has 2 aliphatic rings. The van der Waals surface area contributed by atoms with Gasteiger partial charge in [0, 0.05) is 37.6 Å². The van der Waals surface area contributed by atoms with E-state index >= 15 is 0 Å². The Balaban J connectivity index is 1.40. The number of ketones is 1. The van der Waals surface area contributed by atoms with Crippen LogP contribution in [0.2, 0.25) is 0 Å². The Morgan fingerprint density at radius 3 is 2.28 bits per heavy atom. The highest BCUT2D eigenvalue weighted by atomic mass is 16.5. The monoisotopic (exact) mass is 915 g/mol. The molecule has 4 amide bonds. The Morgan fingerprint density at radius 1 is 0.896 bits per heavy atom. The summed E-state index contributed by atoms with van der Waals surface area (Å²) in [6.07, 6.45) is 11.6. The van der Waals surface area contributed by atoms with Gasteiger partial charge >= 0.3 is 5.97 Å². The second-order valence-electron chi connectivity index (χ2n) is 17.7. The van der Waals surface area contributed by atoms with E-state index in [9.17, 15) is 39.0 Å². The summed E-state index contributed by atoms with van der Waals surface area (Å²) in [5, 5.41) is 31.6. The van der Waals surface area contributed by atoms with Crippen molar-refractivity contribution in [2.24, 2.45) is 17.8 Å². The number of hydrazine groups is 1. The van der Waals surface area contributed by atoms with Crippen LogP contribution in [-0.2, 0) is 39.9 Å². The van der Waals surface area contributed by atoms with Crippen LogP contribution in [0.1, 0.15) is 78.7 Å². The number of Topliss-reactive ketones (excluding diaryl/α,β-unsaturated/α-hetero) is 1. The molecule has 2 heterocycles. The highest BCUT2D eigenvalue weighted by Crippen LogP contribution is 2.25. The number of phenols is 1. The average Bonchev–Trinajstić information content (AvgIpc) is 3.30. The van der Waals surface area contributed by atoms with Crippen LogP contribution >= 0.6 is 0 Å². The molecule has 14 heteroatoms. The van der Waals surface area contributed by atoms with E-state index in [-0.39, 0.29) is 49.7 Å². The van der Waals surface area contributed by atoms with Gasteiger partial charge in [-0.3, -0.25) is 29.0 Å². The zero-order valence-electron chi connectivity index (χ0n) is 39.0. The van der Waals surface area contributed by atoms with Gasteiger partial charge in [-0.25, -0.2) is 5.43 Å². The van der Waals surface area contributed by atoms with Crippen molar-refractivity contribution in [3.8, 4) is 16.9 Å². The van der Waals surface area contributed by atoms with Crippen molar-refractivity contribution >= 4 is 41.1 Å². The molecule has 6 N–H and O–H groups in total. The number of anilines is 1. The molecule has 1 fully saturated rings. The zero-order chi connectivity index (χ0) is 48.5. The predicted octanol–water partition coefficient (Wildman–Crippen LogP) is 6.66. The van der Waals surface area contributed by atoms with Crippen LogP contribution in [0.3, 0.4) is 0 Å². The summed E-state index contributed by atoms with van der Waals surface area (Å²) in [5.41, 5.74) is 6.95. The van der Waals surface area contributed by atoms with Crippen molar-refractivity contribution in [2.45, 2.75) is 110 Å². The summed E-state index contributed by atoms with van der Waals surface area (Å²) in [6.45, 7) is 8.72. The molecule has 0 spiro atoms. The quantitative estimate of drug-likeness (QED) is 0.0686. The highest BCUT2D eigenvalue weighted by Gasteiger charge is 2.38. The minimum atomic E-state index is -1.20. The number of carbonyl (C=O) groups excluding carboxylic acids is 6. The minimum absolute atomic E-state index is 0.0273. The number of allylic oxidation sites excluding steroid dienone is 5. The first kappa shape index (κ1) is 51.3. The Bertz CT molecular complexity index is 2310. The summed E-state index contributed by atoms with van der Waals surface area (Å²) in [5.74, 6) is -4.78. The number of aliphatic hydroxyl groups is 1. The Kier molecular flexibility index (Phi) is 19.4. The van der Waals surface area contributed by atoms with Gasteiger partial charge in [0.25, 0.3) is 5.91 Å². The average molecular weight is 916 g/mol. The number of phenolic OH excluding ortho intramolecular Hbond substituents is 1. The molecule has 0 radical (unpaired) electrons. The van der Waals surface area contributed by atoms with Gasteiger partial charge in [0.15, 0.2) is 0 Å². The normalized spacial score (nSPS) is 24.0. The zero-order valence-corrected chi connectivity index (χ0v) is 39.0. The van der Waals surface area contributed by atoms with E-state index in [0.717, 1.165) is 11.1 Å². The first-order valence-corrected chi connectivity index (χ1v) is 23.1. The molecule has 2 aliphatic heterocycles. The van der Waals surface area contributed by atoms with Gasteiger partial charge in [0.1, 0.15) is 35.8 Å². The number of carbonyl (C=O) groups is 6. The van der Waals surface area contributed by atoms with Crippen molar-refractivity contribution < 1.29 is 43.7 Å². The fraction of sp³-hybridized carbons (Fsp3) is 0.396.